The van der Waals surface area contributed by atoms with Crippen molar-refractivity contribution < 1.29 is 0 Å². The van der Waals surface area contributed by atoms with E-state index in [0.717, 1.165) is 16.3 Å². The number of hydrogen-bond acceptors (Lipinski definition) is 1. The van der Waals surface area contributed by atoms with E-state index in [9.17, 15) is 0 Å². The second-order valence-electron chi connectivity index (χ2n) is 6.38. The van der Waals surface area contributed by atoms with E-state index < -0.39 is 0 Å². The van der Waals surface area contributed by atoms with Crippen LogP contribution in [-0.2, 0) is 0 Å². The van der Waals surface area contributed by atoms with Crippen LogP contribution in [0.2, 0.25) is 0 Å². The maximum Gasteiger partial charge on any atom is 0.200 e. The van der Waals surface area contributed by atoms with Gasteiger partial charge in [0.05, 0.1) is 7.05 Å². The Hall–Kier alpha value is -1.15. The largest absolute Gasteiger partial charge is 0.245 e. The third kappa shape index (κ3) is 1.24. The first-order valence-corrected chi connectivity index (χ1v) is 7.18. The molecule has 2 fully saturated rings. The number of benzene rings is 1. The molecule has 0 saturated heterocycles. The lowest BCUT2D eigenvalue weighted by Crippen LogP contribution is -2.57. The molecule has 0 aromatic heterocycles. The summed E-state index contributed by atoms with van der Waals surface area (Å²) in [6, 6.07) is 12.2. The maximum absolute atomic E-state index is 5.05. The molecule has 1 aromatic carbocycles. The van der Waals surface area contributed by atoms with Gasteiger partial charge in [0, 0.05) is 13.3 Å². The van der Waals surface area contributed by atoms with E-state index in [1.807, 2.05) is 0 Å². The van der Waals surface area contributed by atoms with Gasteiger partial charge in [-0.05, 0) is 36.8 Å². The summed E-state index contributed by atoms with van der Waals surface area (Å²) in [5.41, 5.74) is 1.41. The number of fused-ring (bicyclic) bond motifs is 3. The van der Waals surface area contributed by atoms with Crippen molar-refractivity contribution in [1.82, 2.24) is 4.48 Å². The molecule has 94 valence electrons. The van der Waals surface area contributed by atoms with E-state index in [0.29, 0.717) is 12.1 Å². The Balaban J connectivity index is 1.78. The van der Waals surface area contributed by atoms with Gasteiger partial charge < -0.3 is 0 Å². The fourth-order valence-corrected chi connectivity index (χ4v) is 4.30. The van der Waals surface area contributed by atoms with Crippen molar-refractivity contribution in [2.24, 2.45) is 16.8 Å². The Bertz CT molecular complexity index is 507. The highest BCUT2D eigenvalue weighted by Crippen LogP contribution is 2.55. The van der Waals surface area contributed by atoms with Gasteiger partial charge in [-0.2, -0.15) is 0 Å². The second-order valence-corrected chi connectivity index (χ2v) is 6.38. The summed E-state index contributed by atoms with van der Waals surface area (Å²) in [5, 5.41) is 0. The Morgan fingerprint density at radius 1 is 1.17 bits per heavy atom. The third-order valence-corrected chi connectivity index (χ3v) is 5.61. The first kappa shape index (κ1) is 10.7. The van der Waals surface area contributed by atoms with Gasteiger partial charge in [0.25, 0.3) is 0 Å². The molecule has 5 unspecified atom stereocenters. The van der Waals surface area contributed by atoms with Gasteiger partial charge >= 0.3 is 0 Å². The summed E-state index contributed by atoms with van der Waals surface area (Å²) in [5.74, 6) is 3.22. The van der Waals surface area contributed by atoms with Crippen molar-refractivity contribution in [2.75, 3.05) is 7.05 Å². The second kappa shape index (κ2) is 3.45. The predicted molar refractivity (Wildman–Crippen MR) is 75.7 cm³/mol. The van der Waals surface area contributed by atoms with Crippen LogP contribution in [0.15, 0.2) is 35.3 Å². The zero-order valence-corrected chi connectivity index (χ0v) is 11.2. The SMILES string of the molecule is CC1=NC2C3CC3CCC2[N+]1(C)c1ccccc1. The molecule has 1 heterocycles. The van der Waals surface area contributed by atoms with Crippen molar-refractivity contribution in [3.63, 3.8) is 0 Å². The van der Waals surface area contributed by atoms with Crippen LogP contribution >= 0.6 is 0 Å². The van der Waals surface area contributed by atoms with Crippen LogP contribution in [-0.4, -0.2) is 25.0 Å². The van der Waals surface area contributed by atoms with Crippen molar-refractivity contribution in [1.29, 1.82) is 0 Å². The number of amidine groups is 1. The van der Waals surface area contributed by atoms with Crippen LogP contribution < -0.4 is 4.48 Å². The molecule has 0 spiro atoms. The fraction of sp³-hybridized carbons (Fsp3) is 0.562. The summed E-state index contributed by atoms with van der Waals surface area (Å²) in [6.45, 7) is 2.22. The summed E-state index contributed by atoms with van der Waals surface area (Å²) >= 11 is 0. The normalized spacial score (nSPS) is 45.1. The average molecular weight is 241 g/mol. The standard InChI is InChI=1S/C16H21N2/c1-11-17-16-14-10-12(14)8-9-15(16)18(11,2)13-6-4-3-5-7-13/h3-7,12,14-16H,8-10H2,1-2H3/q+1. The van der Waals surface area contributed by atoms with E-state index >= 15 is 0 Å². The van der Waals surface area contributed by atoms with Gasteiger partial charge in [-0.15, -0.1) is 0 Å². The van der Waals surface area contributed by atoms with Gasteiger partial charge in [0.1, 0.15) is 17.8 Å². The molecule has 2 aliphatic carbocycles. The van der Waals surface area contributed by atoms with E-state index in [4.69, 9.17) is 4.99 Å². The zero-order chi connectivity index (χ0) is 12.3. The molecular formula is C16H21N2+. The van der Waals surface area contributed by atoms with Crippen molar-refractivity contribution in [2.45, 2.75) is 38.3 Å². The minimum absolute atomic E-state index is 0.606. The lowest BCUT2D eigenvalue weighted by Gasteiger charge is -2.38. The highest BCUT2D eigenvalue weighted by Gasteiger charge is 2.59. The molecule has 0 N–H and O–H groups in total. The minimum Gasteiger partial charge on any atom is -0.245 e. The van der Waals surface area contributed by atoms with E-state index in [2.05, 4.69) is 44.3 Å². The number of nitrogens with zero attached hydrogens (tertiary/aromatic N) is 2. The topological polar surface area (TPSA) is 12.4 Å². The molecule has 0 amide bonds. The van der Waals surface area contributed by atoms with Gasteiger partial charge in [-0.1, -0.05) is 18.2 Å². The summed E-state index contributed by atoms with van der Waals surface area (Å²) in [4.78, 5) is 5.05. The minimum atomic E-state index is 0.606. The third-order valence-electron chi connectivity index (χ3n) is 5.61. The molecule has 3 aliphatic rings. The molecule has 2 saturated carbocycles. The van der Waals surface area contributed by atoms with Gasteiger partial charge in [0.15, 0.2) is 0 Å². The zero-order valence-electron chi connectivity index (χ0n) is 11.2. The van der Waals surface area contributed by atoms with Gasteiger partial charge in [-0.3, -0.25) is 0 Å². The fourth-order valence-electron chi connectivity index (χ4n) is 4.30. The predicted octanol–water partition coefficient (Wildman–Crippen LogP) is 3.22. The Morgan fingerprint density at radius 2 is 1.94 bits per heavy atom. The van der Waals surface area contributed by atoms with Gasteiger partial charge in [-0.25, -0.2) is 9.48 Å². The number of rotatable bonds is 1. The van der Waals surface area contributed by atoms with Crippen LogP contribution in [0.5, 0.6) is 0 Å². The lowest BCUT2D eigenvalue weighted by atomic mass is 9.89. The smallest absolute Gasteiger partial charge is 0.200 e. The molecule has 5 atom stereocenters. The number of hydrogen-bond donors (Lipinski definition) is 0. The lowest BCUT2D eigenvalue weighted by molar-refractivity contribution is 0.264. The van der Waals surface area contributed by atoms with Crippen LogP contribution in [0.4, 0.5) is 5.69 Å². The van der Waals surface area contributed by atoms with Crippen LogP contribution in [0, 0.1) is 11.8 Å². The molecule has 2 heteroatoms. The molecule has 2 nitrogen and oxygen atoms in total. The van der Waals surface area contributed by atoms with E-state index in [1.165, 1.54) is 30.8 Å². The van der Waals surface area contributed by atoms with Crippen molar-refractivity contribution >= 4 is 11.5 Å². The Kier molecular flexibility index (Phi) is 2.06. The van der Waals surface area contributed by atoms with Crippen LogP contribution in [0.25, 0.3) is 0 Å². The Labute approximate surface area is 109 Å². The van der Waals surface area contributed by atoms with E-state index in [-0.39, 0.29) is 0 Å². The quantitative estimate of drug-likeness (QED) is 0.669. The molecule has 1 aromatic rings. The van der Waals surface area contributed by atoms with Gasteiger partial charge in [0.2, 0.25) is 5.84 Å². The van der Waals surface area contributed by atoms with E-state index in [1.54, 1.807) is 0 Å². The summed E-state index contributed by atoms with van der Waals surface area (Å²) in [7, 11) is 2.36. The molecular weight excluding hydrogens is 220 g/mol. The monoisotopic (exact) mass is 241 g/mol. The molecule has 18 heavy (non-hydrogen) atoms. The summed E-state index contributed by atoms with van der Waals surface area (Å²) < 4.78 is 0.953. The molecule has 1 aliphatic heterocycles. The highest BCUT2D eigenvalue weighted by atomic mass is 15.4. The summed E-state index contributed by atoms with van der Waals surface area (Å²) in [6.07, 6.45) is 4.21. The first-order chi connectivity index (χ1) is 8.71. The number of aliphatic imine (C=N–C) groups is 1. The highest BCUT2D eigenvalue weighted by molar-refractivity contribution is 5.93. The molecule has 4 rings (SSSR count). The average Bonchev–Trinajstić information content (AvgIpc) is 3.14. The number of quaternary nitrogens is 1. The first-order valence-electron chi connectivity index (χ1n) is 7.18. The van der Waals surface area contributed by atoms with Crippen LogP contribution in [0.1, 0.15) is 26.2 Å². The number of likely N-dealkylation sites (N-methyl/N-ethyl adjacent to an activating group) is 1. The molecule has 0 radical (unpaired) electrons. The molecule has 0 bridgehead atoms. The van der Waals surface area contributed by atoms with Crippen molar-refractivity contribution in [3.8, 4) is 0 Å². The van der Waals surface area contributed by atoms with Crippen molar-refractivity contribution in [3.05, 3.63) is 30.3 Å². The van der Waals surface area contributed by atoms with Crippen LogP contribution in [0.3, 0.4) is 0 Å². The Morgan fingerprint density at radius 3 is 2.72 bits per heavy atom. The number of para-hydroxylation sites is 1. The maximum atomic E-state index is 5.05.